The highest BCUT2D eigenvalue weighted by molar-refractivity contribution is 6.37. The number of fused-ring (bicyclic) bond motifs is 7. The third-order valence-electron chi connectivity index (χ3n) is 8.85. The maximum absolute atomic E-state index is 14.6. The lowest BCUT2D eigenvalue weighted by Crippen LogP contribution is -2.62. The van der Waals surface area contributed by atoms with Crippen molar-refractivity contribution >= 4 is 63.8 Å². The summed E-state index contributed by atoms with van der Waals surface area (Å²) in [5, 5.41) is 7.19. The average Bonchev–Trinajstić information content (AvgIpc) is 3.58. The van der Waals surface area contributed by atoms with Crippen LogP contribution in [0.25, 0.3) is 0 Å². The number of nitrogens with zero attached hydrogens (tertiary/aromatic N) is 1. The van der Waals surface area contributed by atoms with Crippen molar-refractivity contribution in [3.8, 4) is 0 Å². The van der Waals surface area contributed by atoms with Crippen LogP contribution in [0.5, 0.6) is 0 Å². The number of nitrogens with one attached hydrogen (secondary N) is 2. The molecule has 6 nitrogen and oxygen atoms in total. The molecule has 7 rings (SSSR count). The van der Waals surface area contributed by atoms with E-state index in [0.29, 0.717) is 45.5 Å². The predicted octanol–water partition coefficient (Wildman–Crippen LogP) is 5.97. The highest BCUT2D eigenvalue weighted by Gasteiger charge is 2.81. The van der Waals surface area contributed by atoms with Crippen molar-refractivity contribution in [1.29, 1.82) is 0 Å². The average molecular weight is 567 g/mol. The second-order valence-corrected chi connectivity index (χ2v) is 11.8. The second kappa shape index (κ2) is 8.06. The Morgan fingerprint density at radius 2 is 1.74 bits per heavy atom. The molecule has 4 heterocycles. The van der Waals surface area contributed by atoms with Crippen molar-refractivity contribution in [3.05, 3.63) is 91.9 Å². The summed E-state index contributed by atoms with van der Waals surface area (Å²) < 4.78 is 0. The molecule has 192 valence electrons. The van der Waals surface area contributed by atoms with Crippen LogP contribution in [0.4, 0.5) is 11.4 Å². The third kappa shape index (κ3) is 2.71. The van der Waals surface area contributed by atoms with Crippen molar-refractivity contribution in [2.24, 2.45) is 5.92 Å². The molecule has 38 heavy (non-hydrogen) atoms. The molecule has 2 saturated heterocycles. The summed E-state index contributed by atoms with van der Waals surface area (Å²) >= 11 is 19.3. The van der Waals surface area contributed by atoms with Gasteiger partial charge in [0.1, 0.15) is 11.0 Å². The second-order valence-electron chi connectivity index (χ2n) is 10.5. The molecule has 2 fully saturated rings. The number of hydrogen-bond donors (Lipinski definition) is 2. The van der Waals surface area contributed by atoms with E-state index in [-0.39, 0.29) is 34.2 Å². The van der Waals surface area contributed by atoms with Crippen LogP contribution in [0.3, 0.4) is 0 Å². The van der Waals surface area contributed by atoms with E-state index in [0.717, 1.165) is 12.0 Å². The summed E-state index contributed by atoms with van der Waals surface area (Å²) in [5.74, 6) is -1.87. The Bertz CT molecular complexity index is 1610. The molecule has 0 saturated carbocycles. The molecule has 2 N–H and O–H groups in total. The summed E-state index contributed by atoms with van der Waals surface area (Å²) in [4.78, 5) is 45.7. The molecule has 3 aromatic carbocycles. The first-order valence-corrected chi connectivity index (χ1v) is 13.7. The topological polar surface area (TPSA) is 78.5 Å². The van der Waals surface area contributed by atoms with Crippen LogP contribution < -0.4 is 10.6 Å². The number of aryl methyl sites for hydroxylation is 1. The van der Waals surface area contributed by atoms with Crippen molar-refractivity contribution in [2.45, 2.75) is 36.8 Å². The predicted molar refractivity (Wildman–Crippen MR) is 147 cm³/mol. The van der Waals surface area contributed by atoms with E-state index in [1.165, 1.54) is 6.07 Å². The van der Waals surface area contributed by atoms with Gasteiger partial charge >= 0.3 is 0 Å². The quantitative estimate of drug-likeness (QED) is 0.375. The number of benzene rings is 3. The number of carbonyl (C=O) groups is 3. The molecule has 3 aromatic rings. The fourth-order valence-corrected chi connectivity index (χ4v) is 8.44. The number of halogens is 3. The largest absolute Gasteiger partial charge is 0.325 e. The number of amides is 2. The summed E-state index contributed by atoms with van der Waals surface area (Å²) in [6, 6.07) is 15.3. The van der Waals surface area contributed by atoms with Gasteiger partial charge in [0, 0.05) is 38.6 Å². The molecule has 4 aliphatic rings. The van der Waals surface area contributed by atoms with Gasteiger partial charge in [0.25, 0.3) is 5.91 Å². The molecule has 4 atom stereocenters. The lowest BCUT2D eigenvalue weighted by Gasteiger charge is -2.43. The fraction of sp³-hybridized carbons (Fsp3) is 0.276. The van der Waals surface area contributed by atoms with Gasteiger partial charge in [-0.3, -0.25) is 19.3 Å². The molecule has 0 radical (unpaired) electrons. The van der Waals surface area contributed by atoms with Crippen molar-refractivity contribution < 1.29 is 14.4 Å². The van der Waals surface area contributed by atoms with Gasteiger partial charge in [0.2, 0.25) is 5.91 Å². The van der Waals surface area contributed by atoms with Gasteiger partial charge in [0.15, 0.2) is 5.78 Å². The SMILES string of the molecule is Cc1cc(Cl)cc2c1NC(=O)[C@@]21N2CCC[C@@H]2[C@H](C(=O)c2ccc(Cl)cc2Cl)[C@@]12C(=O)Nc1ccccc12. The van der Waals surface area contributed by atoms with Crippen LogP contribution in [0.1, 0.15) is 39.9 Å². The van der Waals surface area contributed by atoms with Gasteiger partial charge in [0.05, 0.1) is 10.9 Å². The lowest BCUT2D eigenvalue weighted by atomic mass is 9.57. The molecule has 0 bridgehead atoms. The number of anilines is 2. The number of Topliss-reactive ketones (excluding diaryl/α,β-unsaturated/α-hetero) is 1. The molecule has 2 spiro atoms. The van der Waals surface area contributed by atoms with Gasteiger partial charge in [-0.2, -0.15) is 0 Å². The number of hydrogen-bond acceptors (Lipinski definition) is 4. The van der Waals surface area contributed by atoms with Crippen LogP contribution in [0.2, 0.25) is 15.1 Å². The molecule has 0 aliphatic carbocycles. The molecular weight excluding hydrogens is 545 g/mol. The maximum Gasteiger partial charge on any atom is 0.251 e. The Morgan fingerprint density at radius 1 is 0.947 bits per heavy atom. The zero-order valence-corrected chi connectivity index (χ0v) is 22.5. The van der Waals surface area contributed by atoms with Crippen LogP contribution >= 0.6 is 34.8 Å². The molecular formula is C29H22Cl3N3O3. The van der Waals surface area contributed by atoms with Gasteiger partial charge in [-0.05, 0) is 73.8 Å². The minimum absolute atomic E-state index is 0.213. The summed E-state index contributed by atoms with van der Waals surface area (Å²) in [5.41, 5.74) is 0.536. The summed E-state index contributed by atoms with van der Waals surface area (Å²) in [6.07, 6.45) is 1.44. The Kier molecular flexibility index (Phi) is 5.12. The normalized spacial score (nSPS) is 28.9. The zero-order valence-electron chi connectivity index (χ0n) is 20.3. The maximum atomic E-state index is 14.6. The number of ketones is 1. The van der Waals surface area contributed by atoms with E-state index in [4.69, 9.17) is 34.8 Å². The van der Waals surface area contributed by atoms with Gasteiger partial charge in [-0.1, -0.05) is 53.0 Å². The molecule has 2 amide bonds. The number of para-hydroxylation sites is 1. The van der Waals surface area contributed by atoms with Crippen LogP contribution in [-0.4, -0.2) is 35.1 Å². The molecule has 4 aliphatic heterocycles. The minimum Gasteiger partial charge on any atom is -0.325 e. The Hall–Kier alpha value is -2.90. The summed E-state index contributed by atoms with van der Waals surface area (Å²) in [6.45, 7) is 2.43. The number of rotatable bonds is 2. The first-order chi connectivity index (χ1) is 18.2. The monoisotopic (exact) mass is 565 g/mol. The fourth-order valence-electron chi connectivity index (χ4n) is 7.67. The Labute approximate surface area is 234 Å². The van der Waals surface area contributed by atoms with E-state index >= 15 is 0 Å². The third-order valence-corrected chi connectivity index (χ3v) is 9.61. The smallest absolute Gasteiger partial charge is 0.251 e. The van der Waals surface area contributed by atoms with Crippen molar-refractivity contribution in [2.75, 3.05) is 17.2 Å². The van der Waals surface area contributed by atoms with E-state index in [2.05, 4.69) is 15.5 Å². The highest BCUT2D eigenvalue weighted by Crippen LogP contribution is 2.68. The number of carbonyl (C=O) groups excluding carboxylic acids is 3. The van der Waals surface area contributed by atoms with E-state index < -0.39 is 16.9 Å². The van der Waals surface area contributed by atoms with Crippen LogP contribution in [0.15, 0.2) is 54.6 Å². The zero-order chi connectivity index (χ0) is 26.6. The Balaban J connectivity index is 1.61. The van der Waals surface area contributed by atoms with Crippen LogP contribution in [0, 0.1) is 12.8 Å². The van der Waals surface area contributed by atoms with Crippen molar-refractivity contribution in [3.63, 3.8) is 0 Å². The van der Waals surface area contributed by atoms with Crippen molar-refractivity contribution in [1.82, 2.24) is 4.90 Å². The van der Waals surface area contributed by atoms with Crippen LogP contribution in [-0.2, 0) is 20.5 Å². The first kappa shape index (κ1) is 24.2. The molecule has 0 unspecified atom stereocenters. The molecule has 0 aromatic heterocycles. The van der Waals surface area contributed by atoms with E-state index in [1.54, 1.807) is 24.3 Å². The minimum atomic E-state index is -1.55. The highest BCUT2D eigenvalue weighted by atomic mass is 35.5. The van der Waals surface area contributed by atoms with Gasteiger partial charge < -0.3 is 10.6 Å². The first-order valence-electron chi connectivity index (χ1n) is 12.5. The van der Waals surface area contributed by atoms with E-state index in [1.807, 2.05) is 31.2 Å². The lowest BCUT2D eigenvalue weighted by molar-refractivity contribution is -0.137. The van der Waals surface area contributed by atoms with Gasteiger partial charge in [-0.15, -0.1) is 0 Å². The van der Waals surface area contributed by atoms with E-state index in [9.17, 15) is 14.4 Å². The summed E-state index contributed by atoms with van der Waals surface area (Å²) in [7, 11) is 0. The standard InChI is InChI=1S/C29H22Cl3N3O3/c1-14-11-16(31)12-19-24(14)34-27(38)29(19)28(18-5-2-3-6-21(18)33-26(28)37)23(22-7-4-10-35(22)29)25(36)17-9-8-15(30)13-20(17)32/h2-3,5-6,8-9,11-13,22-23H,4,7,10H2,1H3,(H,33,37)(H,34,38)/t22-,23-,28+,29+/m1/s1. The Morgan fingerprint density at radius 3 is 2.53 bits per heavy atom. The molecule has 9 heteroatoms. The van der Waals surface area contributed by atoms with Gasteiger partial charge in [-0.25, -0.2) is 0 Å².